The number of allylic oxidation sites excluding steroid dienone is 4. The Labute approximate surface area is 130 Å². The molecule has 0 heterocycles. The van der Waals surface area contributed by atoms with Gasteiger partial charge in [-0.25, -0.2) is 4.79 Å². The van der Waals surface area contributed by atoms with Crippen LogP contribution in [0.2, 0.25) is 0 Å². The molecule has 0 atom stereocenters. The van der Waals surface area contributed by atoms with E-state index < -0.39 is 5.97 Å². The fourth-order valence-electron chi connectivity index (χ4n) is 2.15. The summed E-state index contributed by atoms with van der Waals surface area (Å²) in [6.07, 6.45) is 3.21. The average molecular weight is 297 g/mol. The third-order valence-electron chi connectivity index (χ3n) is 3.43. The topological polar surface area (TPSA) is 55.7 Å². The molecule has 0 aromatic heterocycles. The molecule has 0 saturated heterocycles. The summed E-state index contributed by atoms with van der Waals surface area (Å²) in [5.41, 5.74) is 3.28. The Morgan fingerprint density at radius 2 is 1.91 bits per heavy atom. The van der Waals surface area contributed by atoms with E-state index in [1.165, 1.54) is 6.08 Å². The van der Waals surface area contributed by atoms with Gasteiger partial charge < -0.3 is 4.84 Å². The highest BCUT2D eigenvalue weighted by Gasteiger charge is 2.19. The summed E-state index contributed by atoms with van der Waals surface area (Å²) in [6, 6.07) is 7.11. The van der Waals surface area contributed by atoms with Crippen LogP contribution in [0.5, 0.6) is 0 Å². The van der Waals surface area contributed by atoms with Crippen molar-refractivity contribution in [2.75, 3.05) is 0 Å². The van der Waals surface area contributed by atoms with Gasteiger partial charge in [-0.2, -0.15) is 0 Å². The molecule has 4 nitrogen and oxygen atoms in total. The second-order valence-electron chi connectivity index (χ2n) is 5.67. The molecule has 1 aromatic rings. The van der Waals surface area contributed by atoms with Gasteiger partial charge in [0.05, 0.1) is 5.56 Å². The van der Waals surface area contributed by atoms with Gasteiger partial charge in [-0.15, -0.1) is 0 Å². The predicted octanol–water partition coefficient (Wildman–Crippen LogP) is 3.62. The minimum Gasteiger partial charge on any atom is -0.312 e. The fourth-order valence-corrected chi connectivity index (χ4v) is 2.15. The third-order valence-corrected chi connectivity index (χ3v) is 3.43. The molecule has 0 bridgehead atoms. The van der Waals surface area contributed by atoms with Crippen molar-refractivity contribution in [1.82, 2.24) is 0 Å². The largest absolute Gasteiger partial charge is 0.365 e. The first-order valence-electron chi connectivity index (χ1n) is 7.19. The van der Waals surface area contributed by atoms with Crippen LogP contribution >= 0.6 is 0 Å². The van der Waals surface area contributed by atoms with Gasteiger partial charge in [0, 0.05) is 5.57 Å². The molecule has 2 rings (SSSR count). The van der Waals surface area contributed by atoms with Gasteiger partial charge in [0.15, 0.2) is 5.78 Å². The molecule has 0 amide bonds. The Bertz CT molecular complexity index is 709. The second-order valence-corrected chi connectivity index (χ2v) is 5.67. The Kier molecular flexibility index (Phi) is 4.71. The van der Waals surface area contributed by atoms with E-state index in [0.717, 1.165) is 5.56 Å². The quantitative estimate of drug-likeness (QED) is 0.486. The molecule has 4 heteroatoms. The molecule has 1 aromatic carbocycles. The maximum Gasteiger partial charge on any atom is 0.365 e. The summed E-state index contributed by atoms with van der Waals surface area (Å²) in [5, 5.41) is 3.91. The van der Waals surface area contributed by atoms with Crippen LogP contribution < -0.4 is 0 Å². The second kappa shape index (κ2) is 6.52. The fraction of sp³-hybridized carbons (Fsp3) is 0.278. The Balaban J connectivity index is 2.20. The van der Waals surface area contributed by atoms with Crippen molar-refractivity contribution in [3.8, 4) is 0 Å². The van der Waals surface area contributed by atoms with E-state index in [1.54, 1.807) is 31.2 Å². The summed E-state index contributed by atoms with van der Waals surface area (Å²) in [5.74, 6) is -0.439. The first-order valence-corrected chi connectivity index (χ1v) is 7.19. The molecule has 0 unspecified atom stereocenters. The van der Waals surface area contributed by atoms with Gasteiger partial charge in [0.1, 0.15) is 5.71 Å². The van der Waals surface area contributed by atoms with Gasteiger partial charge in [0.25, 0.3) is 0 Å². The third kappa shape index (κ3) is 3.58. The molecule has 0 N–H and O–H groups in total. The molecule has 0 fully saturated rings. The molecular formula is C18H19NO3. The van der Waals surface area contributed by atoms with E-state index >= 15 is 0 Å². The maximum absolute atomic E-state index is 12.0. The first-order chi connectivity index (χ1) is 10.4. The van der Waals surface area contributed by atoms with Crippen LogP contribution in [0.15, 0.2) is 52.7 Å². The summed E-state index contributed by atoms with van der Waals surface area (Å²) in [7, 11) is 0. The number of nitrogens with zero attached hydrogens (tertiary/aromatic N) is 1. The lowest BCUT2D eigenvalue weighted by Gasteiger charge is -2.14. The zero-order valence-electron chi connectivity index (χ0n) is 13.2. The van der Waals surface area contributed by atoms with E-state index in [1.807, 2.05) is 26.8 Å². The van der Waals surface area contributed by atoms with Crippen molar-refractivity contribution in [2.45, 2.75) is 27.7 Å². The highest BCUT2D eigenvalue weighted by atomic mass is 16.7. The van der Waals surface area contributed by atoms with Gasteiger partial charge in [-0.3, -0.25) is 4.79 Å². The van der Waals surface area contributed by atoms with Gasteiger partial charge in [-0.05, 0) is 49.6 Å². The molecule has 0 radical (unpaired) electrons. The van der Waals surface area contributed by atoms with Crippen LogP contribution in [0.4, 0.5) is 0 Å². The number of benzene rings is 1. The lowest BCUT2D eigenvalue weighted by Crippen LogP contribution is -2.16. The standard InChI is InChI=1S/C18H19NO3/c1-11(2)15-10-16(13(4)9-17(15)20)19-22-18(21)14-7-5-6-12(3)8-14/h5-11H,1-4H3/b19-16+. The summed E-state index contributed by atoms with van der Waals surface area (Å²) >= 11 is 0. The van der Waals surface area contributed by atoms with Crippen molar-refractivity contribution in [3.05, 3.63) is 58.7 Å². The maximum atomic E-state index is 12.0. The van der Waals surface area contributed by atoms with E-state index in [0.29, 0.717) is 22.4 Å². The minimum atomic E-state index is -0.514. The molecule has 0 aliphatic heterocycles. The normalized spacial score (nSPS) is 16.6. The number of oxime groups is 1. The molecule has 0 saturated carbocycles. The van der Waals surface area contributed by atoms with Crippen LogP contribution in [0.25, 0.3) is 0 Å². The van der Waals surface area contributed by atoms with Crippen LogP contribution in [-0.4, -0.2) is 17.5 Å². The van der Waals surface area contributed by atoms with Crippen molar-refractivity contribution < 1.29 is 14.4 Å². The zero-order chi connectivity index (χ0) is 16.3. The van der Waals surface area contributed by atoms with Crippen LogP contribution in [-0.2, 0) is 9.63 Å². The Hall–Kier alpha value is -2.49. The Morgan fingerprint density at radius 3 is 2.55 bits per heavy atom. The number of carbonyl (C=O) groups excluding carboxylic acids is 2. The van der Waals surface area contributed by atoms with Crippen molar-refractivity contribution in [2.24, 2.45) is 11.1 Å². The Morgan fingerprint density at radius 1 is 1.18 bits per heavy atom. The molecule has 22 heavy (non-hydrogen) atoms. The summed E-state index contributed by atoms with van der Waals surface area (Å²) < 4.78 is 0. The van der Waals surface area contributed by atoms with E-state index in [4.69, 9.17) is 4.84 Å². The van der Waals surface area contributed by atoms with Gasteiger partial charge >= 0.3 is 5.97 Å². The number of ketones is 1. The number of hydrogen-bond acceptors (Lipinski definition) is 4. The number of carbonyl (C=O) groups is 2. The van der Waals surface area contributed by atoms with Crippen molar-refractivity contribution >= 4 is 17.5 Å². The lowest BCUT2D eigenvalue weighted by atomic mass is 9.90. The van der Waals surface area contributed by atoms with Crippen LogP contribution in [0.3, 0.4) is 0 Å². The van der Waals surface area contributed by atoms with Crippen LogP contribution in [0.1, 0.15) is 36.7 Å². The number of rotatable bonds is 3. The molecule has 1 aliphatic rings. The smallest absolute Gasteiger partial charge is 0.312 e. The van der Waals surface area contributed by atoms with Crippen LogP contribution in [0, 0.1) is 12.8 Å². The SMILES string of the molecule is CC1=CC(=O)C(C(C)C)=C/C1=N\OC(=O)c1cccc(C)c1. The molecular weight excluding hydrogens is 278 g/mol. The minimum absolute atomic E-state index is 0.0172. The highest BCUT2D eigenvalue weighted by molar-refractivity contribution is 6.21. The van der Waals surface area contributed by atoms with Gasteiger partial charge in [-0.1, -0.05) is 36.7 Å². The van der Waals surface area contributed by atoms with Crippen molar-refractivity contribution in [3.63, 3.8) is 0 Å². The van der Waals surface area contributed by atoms with Crippen molar-refractivity contribution in [1.29, 1.82) is 0 Å². The zero-order valence-corrected chi connectivity index (χ0v) is 13.2. The number of aryl methyl sites for hydroxylation is 1. The van der Waals surface area contributed by atoms with E-state index in [9.17, 15) is 9.59 Å². The molecule has 0 spiro atoms. The number of hydrogen-bond donors (Lipinski definition) is 0. The lowest BCUT2D eigenvalue weighted by molar-refractivity contribution is -0.111. The summed E-state index contributed by atoms with van der Waals surface area (Å²) in [4.78, 5) is 28.9. The molecule has 1 aliphatic carbocycles. The highest BCUT2D eigenvalue weighted by Crippen LogP contribution is 2.19. The van der Waals surface area contributed by atoms with E-state index in [2.05, 4.69) is 5.16 Å². The summed E-state index contributed by atoms with van der Waals surface area (Å²) in [6.45, 7) is 7.55. The van der Waals surface area contributed by atoms with E-state index in [-0.39, 0.29) is 11.7 Å². The predicted molar refractivity (Wildman–Crippen MR) is 85.7 cm³/mol. The average Bonchev–Trinajstić information content (AvgIpc) is 2.45. The molecule has 114 valence electrons. The monoisotopic (exact) mass is 297 g/mol. The van der Waals surface area contributed by atoms with Gasteiger partial charge in [0.2, 0.25) is 0 Å². The first kappa shape index (κ1) is 15.9.